The number of carbonyl (C=O) groups is 1. The van der Waals surface area contributed by atoms with E-state index in [1.165, 1.54) is 41.3 Å². The monoisotopic (exact) mass is 369 g/mol. The molecule has 3 nitrogen and oxygen atoms in total. The van der Waals surface area contributed by atoms with Crippen LogP contribution in [-0.2, 0) is 13.0 Å². The van der Waals surface area contributed by atoms with Gasteiger partial charge < -0.3 is 10.1 Å². The fourth-order valence-corrected chi connectivity index (χ4v) is 3.57. The van der Waals surface area contributed by atoms with Crippen molar-refractivity contribution in [2.75, 3.05) is 11.6 Å². The van der Waals surface area contributed by atoms with Gasteiger partial charge in [-0.1, -0.05) is 36.9 Å². The third kappa shape index (κ3) is 4.24. The molecule has 1 aliphatic carbocycles. The summed E-state index contributed by atoms with van der Waals surface area (Å²) in [5.74, 6) is 1.53. The molecule has 1 aliphatic rings. The molecule has 0 atom stereocenters. The van der Waals surface area contributed by atoms with Crippen molar-refractivity contribution in [2.24, 2.45) is 0 Å². The second-order valence-corrected chi connectivity index (χ2v) is 7.73. The smallest absolute Gasteiger partial charge is 0.283 e. The summed E-state index contributed by atoms with van der Waals surface area (Å²) in [5.41, 5.74) is 7.07. The summed E-state index contributed by atoms with van der Waals surface area (Å²) in [6.45, 7) is 6.88. The van der Waals surface area contributed by atoms with Gasteiger partial charge in [-0.15, -0.1) is 0 Å². The summed E-state index contributed by atoms with van der Waals surface area (Å²) in [6, 6.07) is 10.5. The molecule has 0 unspecified atom stereocenters. The van der Waals surface area contributed by atoms with E-state index in [0.717, 1.165) is 29.0 Å². The third-order valence-electron chi connectivity index (χ3n) is 5.04. The highest BCUT2D eigenvalue weighted by Crippen LogP contribution is 2.43. The molecule has 2 aromatic carbocycles. The number of hydrogen-bond acceptors (Lipinski definition) is 3. The predicted octanol–water partition coefficient (Wildman–Crippen LogP) is 6.22. The molecule has 0 bridgehead atoms. The highest BCUT2D eigenvalue weighted by atomic mass is 32.2. The SMILES string of the molecule is CCc1cc(C)c(OCc2c(NC(=O)SC)cccc2C2CC2)cc1C. The van der Waals surface area contributed by atoms with Crippen LogP contribution in [0.25, 0.3) is 0 Å². The molecule has 0 saturated heterocycles. The van der Waals surface area contributed by atoms with E-state index in [9.17, 15) is 4.79 Å². The number of hydrogen-bond donors (Lipinski definition) is 1. The molecular formula is C22H27NO2S. The lowest BCUT2D eigenvalue weighted by Crippen LogP contribution is -2.10. The van der Waals surface area contributed by atoms with Gasteiger partial charge in [0.15, 0.2) is 0 Å². The quantitative estimate of drug-likeness (QED) is 0.657. The Balaban J connectivity index is 1.87. The molecule has 0 aromatic heterocycles. The van der Waals surface area contributed by atoms with Gasteiger partial charge in [-0.05, 0) is 79.7 Å². The number of thioether (sulfide) groups is 1. The topological polar surface area (TPSA) is 38.3 Å². The molecule has 0 aliphatic heterocycles. The van der Waals surface area contributed by atoms with Gasteiger partial charge in [-0.25, -0.2) is 0 Å². The minimum Gasteiger partial charge on any atom is -0.489 e. The number of amides is 1. The van der Waals surface area contributed by atoms with E-state index in [2.05, 4.69) is 44.3 Å². The van der Waals surface area contributed by atoms with Crippen LogP contribution in [0.3, 0.4) is 0 Å². The average Bonchev–Trinajstić information content (AvgIpc) is 3.47. The van der Waals surface area contributed by atoms with Gasteiger partial charge in [0, 0.05) is 11.3 Å². The van der Waals surface area contributed by atoms with Gasteiger partial charge in [-0.2, -0.15) is 0 Å². The zero-order valence-corrected chi connectivity index (χ0v) is 16.8. The number of anilines is 1. The molecule has 4 heteroatoms. The molecule has 0 spiro atoms. The van der Waals surface area contributed by atoms with Crippen LogP contribution < -0.4 is 10.1 Å². The number of aryl methyl sites for hydroxylation is 3. The van der Waals surface area contributed by atoms with Crippen LogP contribution in [0.2, 0.25) is 0 Å². The number of benzene rings is 2. The average molecular weight is 370 g/mol. The van der Waals surface area contributed by atoms with Crippen molar-refractivity contribution in [1.82, 2.24) is 0 Å². The lowest BCUT2D eigenvalue weighted by Gasteiger charge is -2.18. The highest BCUT2D eigenvalue weighted by molar-refractivity contribution is 8.13. The highest BCUT2D eigenvalue weighted by Gasteiger charge is 2.27. The molecule has 0 radical (unpaired) electrons. The summed E-state index contributed by atoms with van der Waals surface area (Å²) < 4.78 is 6.22. The Labute approximate surface area is 160 Å². The van der Waals surface area contributed by atoms with E-state index in [-0.39, 0.29) is 5.24 Å². The maximum absolute atomic E-state index is 11.9. The van der Waals surface area contributed by atoms with Gasteiger partial charge in [0.05, 0.1) is 0 Å². The van der Waals surface area contributed by atoms with Gasteiger partial charge in [-0.3, -0.25) is 4.79 Å². The van der Waals surface area contributed by atoms with E-state index in [4.69, 9.17) is 4.74 Å². The molecule has 1 amide bonds. The second-order valence-electron chi connectivity index (χ2n) is 6.95. The molecule has 0 heterocycles. The first kappa shape index (κ1) is 18.8. The number of rotatable bonds is 6. The third-order valence-corrected chi connectivity index (χ3v) is 5.51. The Morgan fingerprint density at radius 2 is 2.00 bits per heavy atom. The van der Waals surface area contributed by atoms with Crippen molar-refractivity contribution in [2.45, 2.75) is 52.6 Å². The fraction of sp³-hybridized carbons (Fsp3) is 0.409. The Kier molecular flexibility index (Phi) is 5.92. The second kappa shape index (κ2) is 8.17. The summed E-state index contributed by atoms with van der Waals surface area (Å²) in [7, 11) is 0. The number of ether oxygens (including phenoxy) is 1. The molecule has 1 fully saturated rings. The zero-order chi connectivity index (χ0) is 18.7. The zero-order valence-electron chi connectivity index (χ0n) is 16.0. The van der Waals surface area contributed by atoms with Crippen molar-refractivity contribution in [3.63, 3.8) is 0 Å². The predicted molar refractivity (Wildman–Crippen MR) is 111 cm³/mol. The molecule has 2 aromatic rings. The van der Waals surface area contributed by atoms with Crippen LogP contribution in [0.15, 0.2) is 30.3 Å². The van der Waals surface area contributed by atoms with Crippen LogP contribution in [0.1, 0.15) is 53.5 Å². The van der Waals surface area contributed by atoms with E-state index >= 15 is 0 Å². The molecular weight excluding hydrogens is 342 g/mol. The summed E-state index contributed by atoms with van der Waals surface area (Å²) in [5, 5.41) is 2.96. The fourth-order valence-electron chi connectivity index (χ4n) is 3.36. The van der Waals surface area contributed by atoms with Crippen LogP contribution in [-0.4, -0.2) is 11.5 Å². The maximum atomic E-state index is 11.9. The van der Waals surface area contributed by atoms with Crippen LogP contribution in [0.4, 0.5) is 10.5 Å². The van der Waals surface area contributed by atoms with Crippen LogP contribution >= 0.6 is 11.8 Å². The standard InChI is InChI=1S/C22H27NO2S/c1-5-16-11-15(3)21(12-14(16)2)25-13-19-18(17-9-10-17)7-6-8-20(19)23-22(24)26-4/h6-8,11-12,17H,5,9-10,13H2,1-4H3,(H,23,24). The van der Waals surface area contributed by atoms with E-state index < -0.39 is 0 Å². The lowest BCUT2D eigenvalue weighted by atomic mass is 10.0. The minimum atomic E-state index is -0.0430. The van der Waals surface area contributed by atoms with Gasteiger partial charge in [0.2, 0.25) is 0 Å². The number of nitrogens with one attached hydrogen (secondary N) is 1. The first-order valence-corrected chi connectivity index (χ1v) is 10.5. The first-order valence-electron chi connectivity index (χ1n) is 9.23. The molecule has 3 rings (SSSR count). The lowest BCUT2D eigenvalue weighted by molar-refractivity contribution is 0.269. The molecule has 1 saturated carbocycles. The normalized spacial score (nSPS) is 13.5. The van der Waals surface area contributed by atoms with Crippen molar-refractivity contribution in [3.8, 4) is 5.75 Å². The van der Waals surface area contributed by atoms with Crippen LogP contribution in [0.5, 0.6) is 5.75 Å². The Morgan fingerprint density at radius 1 is 1.23 bits per heavy atom. The van der Waals surface area contributed by atoms with E-state index in [1.807, 2.05) is 12.1 Å². The van der Waals surface area contributed by atoms with Gasteiger partial charge in [0.1, 0.15) is 12.4 Å². The Morgan fingerprint density at radius 3 is 2.65 bits per heavy atom. The van der Waals surface area contributed by atoms with Gasteiger partial charge in [0.25, 0.3) is 5.24 Å². The van der Waals surface area contributed by atoms with Crippen molar-refractivity contribution in [1.29, 1.82) is 0 Å². The molecule has 138 valence electrons. The van der Waals surface area contributed by atoms with Crippen molar-refractivity contribution in [3.05, 3.63) is 58.1 Å². The van der Waals surface area contributed by atoms with Crippen molar-refractivity contribution < 1.29 is 9.53 Å². The minimum absolute atomic E-state index is 0.0430. The van der Waals surface area contributed by atoms with Crippen molar-refractivity contribution >= 4 is 22.7 Å². The van der Waals surface area contributed by atoms with Gasteiger partial charge >= 0.3 is 0 Å². The largest absolute Gasteiger partial charge is 0.489 e. The molecule has 1 N–H and O–H groups in total. The summed E-state index contributed by atoms with van der Waals surface area (Å²) in [6.07, 6.45) is 5.26. The summed E-state index contributed by atoms with van der Waals surface area (Å²) in [4.78, 5) is 11.9. The van der Waals surface area contributed by atoms with E-state index in [1.54, 1.807) is 6.26 Å². The first-order chi connectivity index (χ1) is 12.5. The van der Waals surface area contributed by atoms with Crippen LogP contribution in [0, 0.1) is 13.8 Å². The van der Waals surface area contributed by atoms with E-state index in [0.29, 0.717) is 12.5 Å². The summed E-state index contributed by atoms with van der Waals surface area (Å²) >= 11 is 1.19. The number of carbonyl (C=O) groups excluding carboxylic acids is 1. The Bertz CT molecular complexity index is 812. The maximum Gasteiger partial charge on any atom is 0.283 e. The Hall–Kier alpha value is -1.94. The molecule has 26 heavy (non-hydrogen) atoms.